The third-order valence-electron chi connectivity index (χ3n) is 1.74. The predicted molar refractivity (Wildman–Crippen MR) is 64.4 cm³/mol. The van der Waals surface area contributed by atoms with Crippen LogP contribution in [-0.4, -0.2) is 24.6 Å². The smallest absolute Gasteiger partial charge is 0.307 e. The number of anilines is 1. The molecule has 0 spiro atoms. The van der Waals surface area contributed by atoms with E-state index in [1.807, 2.05) is 0 Å². The van der Waals surface area contributed by atoms with Gasteiger partial charge in [0.2, 0.25) is 0 Å². The maximum Gasteiger partial charge on any atom is 0.307 e. The van der Waals surface area contributed by atoms with Crippen LogP contribution in [-0.2, 0) is 9.53 Å². The average molecular weight is 284 g/mol. The van der Waals surface area contributed by atoms with Crippen molar-refractivity contribution >= 4 is 46.6 Å². The molecule has 0 amide bonds. The van der Waals surface area contributed by atoms with Crippen LogP contribution >= 0.6 is 34.8 Å². The van der Waals surface area contributed by atoms with Crippen LogP contribution in [0.3, 0.4) is 0 Å². The van der Waals surface area contributed by atoms with E-state index in [0.717, 1.165) is 0 Å². The summed E-state index contributed by atoms with van der Waals surface area (Å²) in [6, 6.07) is 1.49. The number of rotatable bonds is 4. The molecule has 0 saturated carbocycles. The molecule has 0 unspecified atom stereocenters. The first-order valence-corrected chi connectivity index (χ1v) is 5.50. The second-order valence-corrected chi connectivity index (χ2v) is 4.02. The number of hydrogen-bond donors (Lipinski definition) is 1. The maximum atomic E-state index is 10.8. The summed E-state index contributed by atoms with van der Waals surface area (Å²) in [4.78, 5) is 14.8. The van der Waals surface area contributed by atoms with E-state index < -0.39 is 0 Å². The summed E-state index contributed by atoms with van der Waals surface area (Å²) < 4.78 is 4.48. The predicted octanol–water partition coefficient (Wildman–Crippen LogP) is 3.02. The highest BCUT2D eigenvalue weighted by Gasteiger charge is 2.08. The van der Waals surface area contributed by atoms with Crippen LogP contribution in [0.1, 0.15) is 6.42 Å². The van der Waals surface area contributed by atoms with Crippen molar-refractivity contribution in [1.29, 1.82) is 0 Å². The molecule has 0 aliphatic rings. The quantitative estimate of drug-likeness (QED) is 0.682. The van der Waals surface area contributed by atoms with Gasteiger partial charge in [-0.2, -0.15) is 0 Å². The summed E-state index contributed by atoms with van der Waals surface area (Å²) in [6.07, 6.45) is 0.217. The SMILES string of the molecule is COC(=O)CCNc1nc(Cl)c(Cl)cc1Cl. The average Bonchev–Trinajstić information content (AvgIpc) is 2.25. The Kier molecular flexibility index (Phi) is 5.12. The highest BCUT2D eigenvalue weighted by atomic mass is 35.5. The largest absolute Gasteiger partial charge is 0.469 e. The van der Waals surface area contributed by atoms with E-state index in [1.165, 1.54) is 13.2 Å². The van der Waals surface area contributed by atoms with Gasteiger partial charge in [-0.1, -0.05) is 34.8 Å². The number of aromatic nitrogens is 1. The Morgan fingerprint density at radius 1 is 1.44 bits per heavy atom. The number of nitrogens with zero attached hydrogens (tertiary/aromatic N) is 1. The van der Waals surface area contributed by atoms with E-state index >= 15 is 0 Å². The Hall–Kier alpha value is -0.710. The van der Waals surface area contributed by atoms with Gasteiger partial charge in [0.05, 0.1) is 23.6 Å². The molecule has 1 heterocycles. The van der Waals surface area contributed by atoms with Crippen molar-refractivity contribution in [2.24, 2.45) is 0 Å². The first-order valence-electron chi connectivity index (χ1n) is 4.37. The van der Waals surface area contributed by atoms with Crippen molar-refractivity contribution in [2.45, 2.75) is 6.42 Å². The van der Waals surface area contributed by atoms with E-state index in [0.29, 0.717) is 17.4 Å². The number of carbonyl (C=O) groups is 1. The zero-order chi connectivity index (χ0) is 12.1. The summed E-state index contributed by atoms with van der Waals surface area (Å²) in [5.41, 5.74) is 0. The second-order valence-electron chi connectivity index (χ2n) is 2.84. The normalized spacial score (nSPS) is 10.0. The summed E-state index contributed by atoms with van der Waals surface area (Å²) in [7, 11) is 1.33. The molecule has 88 valence electrons. The number of ether oxygens (including phenoxy) is 1. The van der Waals surface area contributed by atoms with Crippen LogP contribution in [0.2, 0.25) is 15.2 Å². The molecule has 0 radical (unpaired) electrons. The molecule has 0 aliphatic carbocycles. The first-order chi connectivity index (χ1) is 7.54. The Labute approximate surface area is 108 Å². The van der Waals surface area contributed by atoms with Crippen LogP contribution in [0.5, 0.6) is 0 Å². The van der Waals surface area contributed by atoms with Gasteiger partial charge in [-0.15, -0.1) is 0 Å². The van der Waals surface area contributed by atoms with Crippen molar-refractivity contribution in [3.05, 3.63) is 21.3 Å². The number of carbonyl (C=O) groups excluding carboxylic acids is 1. The molecule has 1 aromatic heterocycles. The number of methoxy groups -OCH3 is 1. The summed E-state index contributed by atoms with van der Waals surface area (Å²) >= 11 is 17.3. The lowest BCUT2D eigenvalue weighted by Crippen LogP contribution is -2.10. The Morgan fingerprint density at radius 2 is 2.12 bits per heavy atom. The van der Waals surface area contributed by atoms with Gasteiger partial charge in [-0.25, -0.2) is 4.98 Å². The Bertz CT molecular complexity index is 399. The zero-order valence-corrected chi connectivity index (χ0v) is 10.7. The minimum Gasteiger partial charge on any atom is -0.469 e. The van der Waals surface area contributed by atoms with Gasteiger partial charge in [-0.3, -0.25) is 4.79 Å². The number of pyridine rings is 1. The lowest BCUT2D eigenvalue weighted by Gasteiger charge is -2.07. The Morgan fingerprint density at radius 3 is 2.75 bits per heavy atom. The highest BCUT2D eigenvalue weighted by molar-refractivity contribution is 6.42. The molecule has 7 heteroatoms. The molecule has 1 N–H and O–H groups in total. The van der Waals surface area contributed by atoms with Crippen LogP contribution in [0.15, 0.2) is 6.07 Å². The molecule has 0 fully saturated rings. The molecule has 0 aliphatic heterocycles. The molecular formula is C9H9Cl3N2O2. The lowest BCUT2D eigenvalue weighted by atomic mass is 10.4. The van der Waals surface area contributed by atoms with Crippen LogP contribution in [0.25, 0.3) is 0 Å². The fourth-order valence-corrected chi connectivity index (χ4v) is 1.52. The van der Waals surface area contributed by atoms with Gasteiger partial charge >= 0.3 is 5.97 Å². The molecule has 1 aromatic rings. The fraction of sp³-hybridized carbons (Fsp3) is 0.333. The van der Waals surface area contributed by atoms with E-state index in [9.17, 15) is 4.79 Å². The third kappa shape index (κ3) is 3.70. The minimum atomic E-state index is -0.316. The fourth-order valence-electron chi connectivity index (χ4n) is 0.953. The summed E-state index contributed by atoms with van der Waals surface area (Å²) in [6.45, 7) is 0.358. The summed E-state index contributed by atoms with van der Waals surface area (Å²) in [5.74, 6) is 0.0728. The van der Waals surface area contributed by atoms with Crippen LogP contribution in [0, 0.1) is 0 Å². The first kappa shape index (κ1) is 13.4. The lowest BCUT2D eigenvalue weighted by molar-refractivity contribution is -0.140. The number of halogens is 3. The van der Waals surface area contributed by atoms with Crippen molar-refractivity contribution in [1.82, 2.24) is 4.98 Å². The number of esters is 1. The maximum absolute atomic E-state index is 10.8. The monoisotopic (exact) mass is 282 g/mol. The van der Waals surface area contributed by atoms with E-state index in [-0.39, 0.29) is 22.6 Å². The van der Waals surface area contributed by atoms with Crippen LogP contribution < -0.4 is 5.32 Å². The van der Waals surface area contributed by atoms with Crippen LogP contribution in [0.4, 0.5) is 5.82 Å². The third-order valence-corrected chi connectivity index (χ3v) is 2.70. The second kappa shape index (κ2) is 6.13. The van der Waals surface area contributed by atoms with E-state index in [2.05, 4.69) is 15.0 Å². The van der Waals surface area contributed by atoms with Gasteiger partial charge in [0.15, 0.2) is 0 Å². The van der Waals surface area contributed by atoms with Crippen molar-refractivity contribution < 1.29 is 9.53 Å². The van der Waals surface area contributed by atoms with Gasteiger partial charge in [-0.05, 0) is 6.07 Å². The molecule has 16 heavy (non-hydrogen) atoms. The molecule has 1 rings (SSSR count). The van der Waals surface area contributed by atoms with Crippen molar-refractivity contribution in [3.63, 3.8) is 0 Å². The molecule has 0 atom stereocenters. The summed E-state index contributed by atoms with van der Waals surface area (Å²) in [5, 5.41) is 3.65. The Balaban J connectivity index is 2.60. The van der Waals surface area contributed by atoms with Crippen molar-refractivity contribution in [3.8, 4) is 0 Å². The molecular weight excluding hydrogens is 274 g/mol. The zero-order valence-electron chi connectivity index (χ0n) is 8.39. The molecule has 0 saturated heterocycles. The highest BCUT2D eigenvalue weighted by Crippen LogP contribution is 2.28. The minimum absolute atomic E-state index is 0.159. The standard InChI is InChI=1S/C9H9Cl3N2O2/c1-16-7(15)2-3-13-9-6(11)4-5(10)8(12)14-9/h4H,2-3H2,1H3,(H,13,14). The van der Waals surface area contributed by atoms with Crippen molar-refractivity contribution in [2.75, 3.05) is 19.0 Å². The molecule has 0 bridgehead atoms. The van der Waals surface area contributed by atoms with Gasteiger partial charge in [0, 0.05) is 6.54 Å². The molecule has 0 aromatic carbocycles. The topological polar surface area (TPSA) is 51.2 Å². The molecule has 4 nitrogen and oxygen atoms in total. The number of hydrogen-bond acceptors (Lipinski definition) is 4. The van der Waals surface area contributed by atoms with E-state index in [1.54, 1.807) is 0 Å². The van der Waals surface area contributed by atoms with E-state index in [4.69, 9.17) is 34.8 Å². The van der Waals surface area contributed by atoms with Gasteiger partial charge in [0.1, 0.15) is 11.0 Å². The van der Waals surface area contributed by atoms with Gasteiger partial charge in [0.25, 0.3) is 0 Å². The number of nitrogens with one attached hydrogen (secondary N) is 1. The van der Waals surface area contributed by atoms with Gasteiger partial charge < -0.3 is 10.1 Å².